The number of nitrogens with one attached hydrogen (secondary N) is 1. The second-order valence-corrected chi connectivity index (χ2v) is 5.30. The summed E-state index contributed by atoms with van der Waals surface area (Å²) in [5.74, 6) is 0.0761. The number of nitrogens with zero attached hydrogens (tertiary/aromatic N) is 1. The Morgan fingerprint density at radius 3 is 2.73 bits per heavy atom. The number of aliphatic hydroxyl groups is 1. The second-order valence-electron chi connectivity index (χ2n) is 5.30. The van der Waals surface area contributed by atoms with E-state index in [0.717, 1.165) is 6.54 Å². The highest BCUT2D eigenvalue weighted by atomic mass is 16.3. The Labute approximate surface area is 90.6 Å². The summed E-state index contributed by atoms with van der Waals surface area (Å²) in [4.78, 5) is 14.2. The first kappa shape index (κ1) is 10.9. The van der Waals surface area contributed by atoms with Crippen LogP contribution >= 0.6 is 0 Å². The maximum absolute atomic E-state index is 11.9. The molecule has 0 aromatic heterocycles. The molecule has 4 nitrogen and oxygen atoms in total. The van der Waals surface area contributed by atoms with Crippen LogP contribution in [0.3, 0.4) is 0 Å². The first-order valence-corrected chi connectivity index (χ1v) is 5.72. The SMILES string of the molecule is CC1(C)CN(C2CC2)C(CCO)C(=O)N1. The molecule has 1 amide bonds. The summed E-state index contributed by atoms with van der Waals surface area (Å²) in [5, 5.41) is 12.0. The van der Waals surface area contributed by atoms with E-state index in [-0.39, 0.29) is 24.1 Å². The zero-order valence-electron chi connectivity index (χ0n) is 9.49. The van der Waals surface area contributed by atoms with Crippen LogP contribution in [0.4, 0.5) is 0 Å². The Morgan fingerprint density at radius 1 is 1.53 bits per heavy atom. The molecule has 0 aromatic carbocycles. The molecule has 0 bridgehead atoms. The van der Waals surface area contributed by atoms with Gasteiger partial charge in [-0.05, 0) is 33.1 Å². The van der Waals surface area contributed by atoms with Crippen molar-refractivity contribution >= 4 is 5.91 Å². The van der Waals surface area contributed by atoms with Crippen molar-refractivity contribution in [1.29, 1.82) is 0 Å². The van der Waals surface area contributed by atoms with E-state index < -0.39 is 0 Å². The Kier molecular flexibility index (Phi) is 2.73. The summed E-state index contributed by atoms with van der Waals surface area (Å²) < 4.78 is 0. The fourth-order valence-corrected chi connectivity index (χ4v) is 2.38. The van der Waals surface area contributed by atoms with Gasteiger partial charge >= 0.3 is 0 Å². The van der Waals surface area contributed by atoms with Crippen LogP contribution in [0.1, 0.15) is 33.1 Å². The molecule has 0 spiro atoms. The summed E-state index contributed by atoms with van der Waals surface area (Å²) in [6.45, 7) is 5.08. The normalized spacial score (nSPS) is 31.4. The van der Waals surface area contributed by atoms with E-state index in [9.17, 15) is 4.79 Å². The first-order valence-electron chi connectivity index (χ1n) is 5.72. The smallest absolute Gasteiger partial charge is 0.237 e. The van der Waals surface area contributed by atoms with Crippen LogP contribution in [-0.4, -0.2) is 46.7 Å². The summed E-state index contributed by atoms with van der Waals surface area (Å²) in [5.41, 5.74) is -0.133. The van der Waals surface area contributed by atoms with Gasteiger partial charge < -0.3 is 10.4 Å². The van der Waals surface area contributed by atoms with Gasteiger partial charge in [0, 0.05) is 24.7 Å². The largest absolute Gasteiger partial charge is 0.396 e. The Hall–Kier alpha value is -0.610. The molecular weight excluding hydrogens is 192 g/mol. The number of rotatable bonds is 3. The number of piperazine rings is 1. The molecule has 2 N–H and O–H groups in total. The number of aliphatic hydroxyl groups excluding tert-OH is 1. The topological polar surface area (TPSA) is 52.6 Å². The second kappa shape index (κ2) is 3.76. The minimum atomic E-state index is -0.133. The minimum Gasteiger partial charge on any atom is -0.396 e. The fourth-order valence-electron chi connectivity index (χ4n) is 2.38. The molecule has 0 aromatic rings. The van der Waals surface area contributed by atoms with Crippen LogP contribution in [0.25, 0.3) is 0 Å². The van der Waals surface area contributed by atoms with Crippen molar-refractivity contribution in [3.05, 3.63) is 0 Å². The van der Waals surface area contributed by atoms with Gasteiger partial charge in [0.15, 0.2) is 0 Å². The number of carbonyl (C=O) groups is 1. The van der Waals surface area contributed by atoms with Gasteiger partial charge in [0.05, 0.1) is 6.04 Å². The van der Waals surface area contributed by atoms with Crippen LogP contribution in [0.5, 0.6) is 0 Å². The van der Waals surface area contributed by atoms with Gasteiger partial charge in [0.2, 0.25) is 5.91 Å². The van der Waals surface area contributed by atoms with Crippen molar-refractivity contribution in [2.45, 2.75) is 50.7 Å². The Balaban J connectivity index is 2.10. The molecule has 2 rings (SSSR count). The summed E-state index contributed by atoms with van der Waals surface area (Å²) in [6, 6.07) is 0.461. The van der Waals surface area contributed by atoms with Crippen LogP contribution in [0.15, 0.2) is 0 Å². The Morgan fingerprint density at radius 2 is 2.20 bits per heavy atom. The van der Waals surface area contributed by atoms with Crippen LogP contribution in [-0.2, 0) is 4.79 Å². The van der Waals surface area contributed by atoms with Gasteiger partial charge in [-0.25, -0.2) is 0 Å². The number of amides is 1. The molecule has 4 heteroatoms. The lowest BCUT2D eigenvalue weighted by Gasteiger charge is -2.43. The fraction of sp³-hybridized carbons (Fsp3) is 0.909. The number of hydrogen-bond donors (Lipinski definition) is 2. The van der Waals surface area contributed by atoms with Gasteiger partial charge in [-0.2, -0.15) is 0 Å². The highest BCUT2D eigenvalue weighted by Crippen LogP contribution is 2.32. The van der Waals surface area contributed by atoms with E-state index in [0.29, 0.717) is 12.5 Å². The van der Waals surface area contributed by atoms with Crippen molar-refractivity contribution < 1.29 is 9.90 Å². The van der Waals surface area contributed by atoms with Gasteiger partial charge in [-0.3, -0.25) is 9.69 Å². The molecule has 2 aliphatic rings. The van der Waals surface area contributed by atoms with Crippen molar-refractivity contribution in [2.24, 2.45) is 0 Å². The lowest BCUT2D eigenvalue weighted by molar-refractivity contribution is -0.134. The molecule has 86 valence electrons. The molecule has 1 saturated carbocycles. The molecule has 2 fully saturated rings. The van der Waals surface area contributed by atoms with Crippen LogP contribution in [0.2, 0.25) is 0 Å². The zero-order valence-corrected chi connectivity index (χ0v) is 9.49. The first-order chi connectivity index (χ1) is 7.03. The minimum absolute atomic E-state index is 0.0761. The maximum atomic E-state index is 11.9. The van der Waals surface area contributed by atoms with Crippen molar-refractivity contribution in [1.82, 2.24) is 10.2 Å². The predicted octanol–water partition coefficient (Wildman–Crippen LogP) is 0.110. The maximum Gasteiger partial charge on any atom is 0.237 e. The van der Waals surface area contributed by atoms with Gasteiger partial charge in [-0.1, -0.05) is 0 Å². The van der Waals surface area contributed by atoms with Crippen molar-refractivity contribution in [2.75, 3.05) is 13.2 Å². The standard InChI is InChI=1S/C11H20N2O2/c1-11(2)7-13(8-3-4-8)9(5-6-14)10(15)12-11/h8-9,14H,3-7H2,1-2H3,(H,12,15). The summed E-state index contributed by atoms with van der Waals surface area (Å²) in [7, 11) is 0. The predicted molar refractivity (Wildman–Crippen MR) is 57.4 cm³/mol. The lowest BCUT2D eigenvalue weighted by Crippen LogP contribution is -2.65. The highest BCUT2D eigenvalue weighted by Gasteiger charge is 2.44. The average Bonchev–Trinajstić information content (AvgIpc) is 2.91. The van der Waals surface area contributed by atoms with Gasteiger partial charge in [-0.15, -0.1) is 0 Å². The molecular formula is C11H20N2O2. The van der Waals surface area contributed by atoms with E-state index >= 15 is 0 Å². The molecule has 1 aliphatic carbocycles. The molecule has 15 heavy (non-hydrogen) atoms. The molecule has 1 aliphatic heterocycles. The van der Waals surface area contributed by atoms with E-state index in [1.165, 1.54) is 12.8 Å². The van der Waals surface area contributed by atoms with Crippen LogP contribution in [0, 0.1) is 0 Å². The van der Waals surface area contributed by atoms with Crippen LogP contribution < -0.4 is 5.32 Å². The molecule has 1 saturated heterocycles. The van der Waals surface area contributed by atoms with Gasteiger partial charge in [0.25, 0.3) is 0 Å². The lowest BCUT2D eigenvalue weighted by atomic mass is 9.96. The third kappa shape index (κ3) is 2.32. The quantitative estimate of drug-likeness (QED) is 0.698. The third-order valence-corrected chi connectivity index (χ3v) is 3.16. The number of hydrogen-bond acceptors (Lipinski definition) is 3. The molecule has 1 atom stereocenters. The van der Waals surface area contributed by atoms with E-state index in [2.05, 4.69) is 24.1 Å². The van der Waals surface area contributed by atoms with E-state index in [1.54, 1.807) is 0 Å². The van der Waals surface area contributed by atoms with E-state index in [1.807, 2.05) is 0 Å². The highest BCUT2D eigenvalue weighted by molar-refractivity contribution is 5.83. The van der Waals surface area contributed by atoms with Crippen molar-refractivity contribution in [3.63, 3.8) is 0 Å². The monoisotopic (exact) mass is 212 g/mol. The summed E-state index contributed by atoms with van der Waals surface area (Å²) >= 11 is 0. The molecule has 1 heterocycles. The average molecular weight is 212 g/mol. The Bertz CT molecular complexity index is 261. The molecule has 1 unspecified atom stereocenters. The zero-order chi connectivity index (χ0) is 11.1. The van der Waals surface area contributed by atoms with Crippen molar-refractivity contribution in [3.8, 4) is 0 Å². The third-order valence-electron chi connectivity index (χ3n) is 3.16. The summed E-state index contributed by atoms with van der Waals surface area (Å²) in [6.07, 6.45) is 2.95. The number of carbonyl (C=O) groups excluding carboxylic acids is 1. The molecule has 0 radical (unpaired) electrons. The van der Waals surface area contributed by atoms with E-state index in [4.69, 9.17) is 5.11 Å². The van der Waals surface area contributed by atoms with Gasteiger partial charge in [0.1, 0.15) is 0 Å².